The van der Waals surface area contributed by atoms with Gasteiger partial charge in [-0.1, -0.05) is 55.4 Å². The van der Waals surface area contributed by atoms with Gasteiger partial charge in [-0.2, -0.15) is 0 Å². The Morgan fingerprint density at radius 1 is 1.02 bits per heavy atom. The second-order valence-corrected chi connectivity index (χ2v) is 25.0. The number of hydrogen-bond acceptors (Lipinski definition) is 4. The normalized spacial score (nSPS) is 12.6. The van der Waals surface area contributed by atoms with Crippen molar-refractivity contribution in [1.29, 1.82) is 0 Å². The van der Waals surface area contributed by atoms with Crippen LogP contribution >= 0.6 is 0 Å². The number of rotatable bonds is 6. The van der Waals surface area contributed by atoms with E-state index in [-0.39, 0.29) is 37.1 Å². The first-order valence-electron chi connectivity index (χ1n) is 15.0. The molecule has 1 aromatic heterocycles. The van der Waals surface area contributed by atoms with Crippen LogP contribution in [0.5, 0.6) is 0 Å². The van der Waals surface area contributed by atoms with Gasteiger partial charge in [0.05, 0.1) is 0 Å². The van der Waals surface area contributed by atoms with E-state index in [0.29, 0.717) is 5.92 Å². The molecule has 0 aliphatic rings. The number of fused-ring (bicyclic) bond motifs is 3. The monoisotopic (exact) mass is 820 g/mol. The molecule has 0 aliphatic carbocycles. The van der Waals surface area contributed by atoms with Gasteiger partial charge in [-0.25, -0.2) is 0 Å². The molecule has 1 radical (unpaired) electrons. The first kappa shape index (κ1) is 36.9. The second kappa shape index (κ2) is 14.2. The maximum atomic E-state index is 11.6. The number of allylic oxidation sites excluding steroid dienone is 2. The van der Waals surface area contributed by atoms with Crippen molar-refractivity contribution in [3.05, 3.63) is 77.8 Å². The molecular weight excluding hydrogens is 769 g/mol. The predicted octanol–water partition coefficient (Wildman–Crippen LogP) is 9.70. The van der Waals surface area contributed by atoms with Crippen molar-refractivity contribution in [2.24, 2.45) is 10.8 Å². The minimum absolute atomic E-state index is 0. The topological polar surface area (TPSA) is 63.1 Å². The molecule has 4 nitrogen and oxygen atoms in total. The fourth-order valence-electron chi connectivity index (χ4n) is 4.50. The number of nitrogens with zero attached hydrogens (tertiary/aromatic N) is 2. The smallest absolute Gasteiger partial charge is 0 e. The van der Waals surface area contributed by atoms with E-state index < -0.39 is 18.7 Å². The maximum Gasteiger partial charge on any atom is 0 e. The van der Waals surface area contributed by atoms with Gasteiger partial charge in [0.1, 0.15) is 5.76 Å². The Balaban J connectivity index is 0.000000369. The molecule has 3 aromatic carbocycles. The number of aliphatic hydroxyl groups is 1. The molecular formula is C37H49GeIrN2O2-. The van der Waals surface area contributed by atoms with Gasteiger partial charge in [-0.3, -0.25) is 4.79 Å². The average molecular weight is 819 g/mol. The summed E-state index contributed by atoms with van der Waals surface area (Å²) in [6.07, 6.45) is 3.87. The minimum Gasteiger partial charge on any atom is 0 e. The third kappa shape index (κ3) is 8.87. The summed E-state index contributed by atoms with van der Waals surface area (Å²) in [6.45, 7) is 18.0. The van der Waals surface area contributed by atoms with Crippen LogP contribution < -0.4 is 4.40 Å². The Kier molecular flexibility index (Phi) is 12.2. The number of benzene rings is 3. The Bertz CT molecular complexity index is 1610. The van der Waals surface area contributed by atoms with Gasteiger partial charge in [0.25, 0.3) is 0 Å². The summed E-state index contributed by atoms with van der Waals surface area (Å²) >= 11 is -1.89. The zero-order valence-corrected chi connectivity index (χ0v) is 32.6. The molecule has 1 heterocycles. The number of hydrogen-bond donors (Lipinski definition) is 1. The van der Waals surface area contributed by atoms with E-state index in [9.17, 15) is 9.90 Å². The molecule has 0 fully saturated rings. The maximum absolute atomic E-state index is 11.6. The SMILES string of the molecule is CCC(C)(C)/C(O)=C/C(=O)C(C)(C)C.Cc1c[c]([Ge]([CH3])([CH3])[CH3])cc2ccc3c(-c4[c-]cc(C(C)C)cc4)ncnc3c12.[Ir]. The molecule has 4 rings (SSSR count). The van der Waals surface area contributed by atoms with Crippen LogP contribution in [-0.2, 0) is 24.9 Å². The van der Waals surface area contributed by atoms with Crippen molar-refractivity contribution in [1.82, 2.24) is 9.97 Å². The van der Waals surface area contributed by atoms with Crippen LogP contribution in [0.2, 0.25) is 17.3 Å². The molecule has 43 heavy (non-hydrogen) atoms. The summed E-state index contributed by atoms with van der Waals surface area (Å²) < 4.78 is 1.54. The third-order valence-electron chi connectivity index (χ3n) is 8.13. The molecule has 0 aliphatic heterocycles. The molecule has 4 aromatic rings. The number of carbonyl (C=O) groups excluding carboxylic acids is 1. The summed E-state index contributed by atoms with van der Waals surface area (Å²) in [5.41, 5.74) is 4.90. The molecule has 0 amide bonds. The summed E-state index contributed by atoms with van der Waals surface area (Å²) in [7, 11) is 0. The van der Waals surface area contributed by atoms with Crippen molar-refractivity contribution in [3.63, 3.8) is 0 Å². The van der Waals surface area contributed by atoms with Crippen LogP contribution in [-0.4, -0.2) is 34.1 Å². The van der Waals surface area contributed by atoms with Crippen molar-refractivity contribution in [3.8, 4) is 11.3 Å². The van der Waals surface area contributed by atoms with Crippen molar-refractivity contribution >= 4 is 45.1 Å². The number of aryl methyl sites for hydroxylation is 1. The molecule has 0 unspecified atom stereocenters. The standard InChI is InChI=1S/C25H27GeN2.C12H22O2.Ir/c1-16(2)18-7-9-19(10-8-18)24-22-12-11-20-14-21(26(4,5)6)13-17(3)23(20)25(22)28-15-27-24;1-7-12(5,6)10(14)8-9(13)11(2,3)4;/h7-9,11-16H,1-6H3;8,14H,7H2,1-6H3;/q-1;;/b;10-8-;. The first-order valence-corrected chi connectivity index (χ1v) is 22.4. The Morgan fingerprint density at radius 3 is 2.19 bits per heavy atom. The van der Waals surface area contributed by atoms with Crippen LogP contribution in [0, 0.1) is 23.8 Å². The quantitative estimate of drug-likeness (QED) is 0.0693. The van der Waals surface area contributed by atoms with Crippen molar-refractivity contribution < 1.29 is 30.0 Å². The zero-order valence-electron chi connectivity index (χ0n) is 28.1. The van der Waals surface area contributed by atoms with Gasteiger partial charge in [-0.15, -0.1) is 0 Å². The molecule has 0 bridgehead atoms. The van der Waals surface area contributed by atoms with Crippen LogP contribution in [0.4, 0.5) is 0 Å². The summed E-state index contributed by atoms with van der Waals surface area (Å²) in [5, 5.41) is 13.4. The minimum atomic E-state index is -1.89. The van der Waals surface area contributed by atoms with Gasteiger partial charge in [0.2, 0.25) is 0 Å². The summed E-state index contributed by atoms with van der Waals surface area (Å²) in [4.78, 5) is 20.9. The molecule has 0 saturated heterocycles. The number of ketones is 1. The van der Waals surface area contributed by atoms with Gasteiger partial charge in [0, 0.05) is 37.0 Å². The van der Waals surface area contributed by atoms with Gasteiger partial charge in [0.15, 0.2) is 5.78 Å². The number of carbonyl (C=O) groups is 1. The van der Waals surface area contributed by atoms with Gasteiger partial charge >= 0.3 is 157 Å². The van der Waals surface area contributed by atoms with E-state index in [1.807, 2.05) is 41.5 Å². The van der Waals surface area contributed by atoms with Crippen molar-refractivity contribution in [2.45, 2.75) is 91.9 Å². The second-order valence-electron chi connectivity index (χ2n) is 14.4. The van der Waals surface area contributed by atoms with E-state index >= 15 is 0 Å². The molecule has 233 valence electrons. The van der Waals surface area contributed by atoms with E-state index in [1.165, 1.54) is 32.4 Å². The average Bonchev–Trinajstić information content (AvgIpc) is 2.91. The molecule has 0 atom stereocenters. The summed E-state index contributed by atoms with van der Waals surface area (Å²) in [6, 6.07) is 19.0. The Labute approximate surface area is 275 Å². The van der Waals surface area contributed by atoms with Crippen LogP contribution in [0.3, 0.4) is 0 Å². The predicted molar refractivity (Wildman–Crippen MR) is 182 cm³/mol. The fourth-order valence-corrected chi connectivity index (χ4v) is 7.10. The van der Waals surface area contributed by atoms with Gasteiger partial charge < -0.3 is 5.11 Å². The Morgan fingerprint density at radius 2 is 1.67 bits per heavy atom. The van der Waals surface area contributed by atoms with E-state index in [2.05, 4.69) is 96.5 Å². The van der Waals surface area contributed by atoms with E-state index in [0.717, 1.165) is 28.6 Å². The third-order valence-corrected chi connectivity index (χ3v) is 12.4. The van der Waals surface area contributed by atoms with Gasteiger partial charge in [-0.05, 0) is 6.42 Å². The molecule has 0 spiro atoms. The molecule has 6 heteroatoms. The molecule has 1 N–H and O–H groups in total. The number of aromatic nitrogens is 2. The van der Waals surface area contributed by atoms with E-state index in [1.54, 1.807) is 6.33 Å². The van der Waals surface area contributed by atoms with Crippen LogP contribution in [0.1, 0.15) is 78.9 Å². The van der Waals surface area contributed by atoms with Crippen molar-refractivity contribution in [2.75, 3.05) is 0 Å². The fraction of sp³-hybridized carbons (Fsp3) is 0.432. The van der Waals surface area contributed by atoms with Crippen LogP contribution in [0.25, 0.3) is 32.9 Å². The Hall–Kier alpha value is -2.34. The van der Waals surface area contributed by atoms with Crippen LogP contribution in [0.15, 0.2) is 60.6 Å². The number of aliphatic hydroxyl groups excluding tert-OH is 1. The largest absolute Gasteiger partial charge is 0 e. The first-order chi connectivity index (χ1) is 19.4. The van der Waals surface area contributed by atoms with E-state index in [4.69, 9.17) is 0 Å². The zero-order chi connectivity index (χ0) is 31.6. The molecule has 0 saturated carbocycles. The summed E-state index contributed by atoms with van der Waals surface area (Å²) in [5.74, 6) is 7.98.